The van der Waals surface area contributed by atoms with Crippen LogP contribution in [-0.2, 0) is 13.0 Å². The molecule has 0 saturated carbocycles. The van der Waals surface area contributed by atoms with Crippen molar-refractivity contribution in [2.24, 2.45) is 0 Å². The van der Waals surface area contributed by atoms with Crippen LogP contribution in [0.4, 0.5) is 0 Å². The molecule has 68 heavy (non-hydrogen) atoms. The van der Waals surface area contributed by atoms with Crippen LogP contribution in [0.2, 0.25) is 0 Å². The van der Waals surface area contributed by atoms with Crippen LogP contribution in [0.25, 0.3) is 70.2 Å². The predicted octanol–water partition coefficient (Wildman–Crippen LogP) is 14.5. The zero-order valence-electron chi connectivity index (χ0n) is 41.1. The van der Waals surface area contributed by atoms with Gasteiger partial charge in [-0.25, -0.2) is 0 Å². The first-order valence-electron chi connectivity index (χ1n) is 23.9. The van der Waals surface area contributed by atoms with Crippen LogP contribution in [0.5, 0.6) is 0 Å². The van der Waals surface area contributed by atoms with E-state index in [0.29, 0.717) is 6.54 Å². The van der Waals surface area contributed by atoms with Gasteiger partial charge in [-0.3, -0.25) is 0 Å². The number of aromatic nitrogens is 3. The van der Waals surface area contributed by atoms with Crippen molar-refractivity contribution in [3.05, 3.63) is 251 Å². The maximum absolute atomic E-state index is 4.88. The molecule has 3 heterocycles. The zero-order valence-corrected chi connectivity index (χ0v) is 41.1. The van der Waals surface area contributed by atoms with Gasteiger partial charge in [0.1, 0.15) is 0 Å². The Bertz CT molecular complexity index is 3240. The van der Waals surface area contributed by atoms with Gasteiger partial charge in [-0.2, -0.15) is 0 Å². The Morgan fingerprint density at radius 1 is 0.765 bits per heavy atom. The molecular formula is C65H69N3. The highest BCUT2D eigenvalue weighted by atomic mass is 15.0. The number of hydrogen-bond acceptors (Lipinski definition) is 0. The fraction of sp³-hybridized carbons (Fsp3) is 0.169. The lowest BCUT2D eigenvalue weighted by Gasteiger charge is -2.11. The Hall–Kier alpha value is -7.62. The monoisotopic (exact) mass is 892 g/mol. The smallest absolute Gasteiger partial charge is 0.0537 e. The van der Waals surface area contributed by atoms with E-state index < -0.39 is 0 Å². The number of para-hydroxylation sites is 2. The van der Waals surface area contributed by atoms with Crippen LogP contribution in [0, 0.1) is 6.92 Å². The summed E-state index contributed by atoms with van der Waals surface area (Å²) in [6.45, 7) is 32.2. The van der Waals surface area contributed by atoms with Crippen LogP contribution in [0.15, 0.2) is 207 Å². The summed E-state index contributed by atoms with van der Waals surface area (Å²) in [6.07, 6.45) is 55.1. The summed E-state index contributed by atoms with van der Waals surface area (Å²) in [6, 6.07) is 17.5. The summed E-state index contributed by atoms with van der Waals surface area (Å²) in [5.41, 5.74) is 13.2. The predicted molar refractivity (Wildman–Crippen MR) is 304 cm³/mol. The fourth-order valence-corrected chi connectivity index (χ4v) is 9.16. The molecule has 0 bridgehead atoms. The SMILES string of the molecule is C=C/C=C\C=C(/C)CC(C=C)=CCC(/C=C/C=C\C=C/C)=C\Cn1c2c(c(=CC/C(=C\C)n3c4ccccc4c4ccccc43)c1=C)C=C(n1c(C)c(/C=C\C=C)/c(=C/C)c1=CCC=C)C=CC2. The molecule has 6 rings (SSSR count). The van der Waals surface area contributed by atoms with Gasteiger partial charge in [0.25, 0.3) is 0 Å². The second-order valence-electron chi connectivity index (χ2n) is 16.9. The Balaban J connectivity index is 1.56. The fourth-order valence-electron chi connectivity index (χ4n) is 9.16. The molecule has 5 aromatic rings. The summed E-state index contributed by atoms with van der Waals surface area (Å²) in [4.78, 5) is 0. The van der Waals surface area contributed by atoms with Gasteiger partial charge in [0.2, 0.25) is 0 Å². The Labute approximate surface area is 405 Å². The molecular weight excluding hydrogens is 823 g/mol. The number of nitrogens with zero attached hydrogens (tertiary/aromatic N) is 3. The Morgan fingerprint density at radius 3 is 2.15 bits per heavy atom. The van der Waals surface area contributed by atoms with E-state index in [4.69, 9.17) is 6.58 Å². The topological polar surface area (TPSA) is 14.8 Å². The van der Waals surface area contributed by atoms with Gasteiger partial charge in [0, 0.05) is 85.2 Å². The van der Waals surface area contributed by atoms with Crippen molar-refractivity contribution in [3.8, 4) is 0 Å². The second kappa shape index (κ2) is 24.8. The average molecular weight is 892 g/mol. The maximum atomic E-state index is 4.88. The lowest BCUT2D eigenvalue weighted by molar-refractivity contribution is 0.753. The molecule has 0 spiro atoms. The lowest BCUT2D eigenvalue weighted by atomic mass is 10.0. The van der Waals surface area contributed by atoms with Gasteiger partial charge in [0.15, 0.2) is 0 Å². The van der Waals surface area contributed by atoms with Gasteiger partial charge in [0.05, 0.1) is 11.0 Å². The first-order valence-corrected chi connectivity index (χ1v) is 23.9. The number of allylic oxidation sites excluding steroid dienone is 24. The lowest BCUT2D eigenvalue weighted by Crippen LogP contribution is -2.30. The van der Waals surface area contributed by atoms with E-state index in [-0.39, 0.29) is 0 Å². The number of fused-ring (bicyclic) bond motifs is 4. The van der Waals surface area contributed by atoms with Crippen molar-refractivity contribution in [1.29, 1.82) is 0 Å². The summed E-state index contributed by atoms with van der Waals surface area (Å²) in [5, 5.41) is 7.02. The van der Waals surface area contributed by atoms with E-state index >= 15 is 0 Å². The van der Waals surface area contributed by atoms with Gasteiger partial charge >= 0.3 is 0 Å². The molecule has 0 aliphatic heterocycles. The molecule has 1 aliphatic carbocycles. The van der Waals surface area contributed by atoms with E-state index in [1.165, 1.54) is 72.0 Å². The standard InChI is InChI=1S/C65H69N3/c1-11-18-22-23-25-32-53(42-41-52(15-5)47-49(8)31-24-19-12-2)45-46-66-50(9)58(44-43-54(16-6)68-64-38-28-26-35-59(64)60-36-27-29-39-65(60)68)61-48-55(33-30-40-62(61)66)67-51(10)57(34-20-13-3)56(17-7)63(67)37-21-14-4/h11-20,22-39,41,44-45,48H,2-5,9,21,40,42-43,46-47H2,1,6-8,10H3/b18-11-,23-22-,24-19-,32-25+,34-20-,49-31+,52-41?,53-45-,54-16+,56-17-,58-44?,63-37?. The molecule has 3 aromatic heterocycles. The largest absolute Gasteiger partial charge is 0.340 e. The normalized spacial score (nSPS) is 15.1. The third-order valence-electron chi connectivity index (χ3n) is 12.5. The van der Waals surface area contributed by atoms with E-state index in [0.717, 1.165) is 53.7 Å². The highest BCUT2D eigenvalue weighted by Gasteiger charge is 2.19. The molecule has 2 aromatic carbocycles. The van der Waals surface area contributed by atoms with E-state index in [2.05, 4.69) is 207 Å². The molecule has 0 fully saturated rings. The molecule has 3 nitrogen and oxygen atoms in total. The van der Waals surface area contributed by atoms with Crippen molar-refractivity contribution in [2.75, 3.05) is 0 Å². The van der Waals surface area contributed by atoms with Crippen LogP contribution in [0.1, 0.15) is 75.9 Å². The maximum Gasteiger partial charge on any atom is 0.0537 e. The third-order valence-corrected chi connectivity index (χ3v) is 12.5. The molecule has 1 aliphatic rings. The Kier molecular flexibility index (Phi) is 18.1. The van der Waals surface area contributed by atoms with E-state index in [1.807, 2.05) is 55.5 Å². The molecule has 0 saturated heterocycles. The highest BCUT2D eigenvalue weighted by molar-refractivity contribution is 6.10. The first-order chi connectivity index (χ1) is 33.2. The van der Waals surface area contributed by atoms with Crippen LogP contribution in [-0.4, -0.2) is 13.7 Å². The molecule has 0 atom stereocenters. The zero-order chi connectivity index (χ0) is 48.4. The molecule has 0 N–H and O–H groups in total. The summed E-state index contributed by atoms with van der Waals surface area (Å²) >= 11 is 0. The molecule has 344 valence electrons. The van der Waals surface area contributed by atoms with Crippen LogP contribution < -0.4 is 21.1 Å². The van der Waals surface area contributed by atoms with Gasteiger partial charge in [-0.1, -0.05) is 202 Å². The quantitative estimate of drug-likeness (QED) is 0.0546. The highest BCUT2D eigenvalue weighted by Crippen LogP contribution is 2.33. The van der Waals surface area contributed by atoms with Crippen molar-refractivity contribution in [2.45, 2.75) is 73.3 Å². The molecule has 0 amide bonds. The number of rotatable bonds is 20. The number of hydrogen-bond donors (Lipinski definition) is 0. The van der Waals surface area contributed by atoms with Crippen molar-refractivity contribution in [3.63, 3.8) is 0 Å². The molecule has 0 unspecified atom stereocenters. The molecule has 0 radical (unpaired) electrons. The van der Waals surface area contributed by atoms with Gasteiger partial charge in [-0.15, -0.1) is 6.58 Å². The van der Waals surface area contributed by atoms with E-state index in [1.54, 1.807) is 6.08 Å². The summed E-state index contributed by atoms with van der Waals surface area (Å²) in [7, 11) is 0. The minimum atomic E-state index is 0.669. The first kappa shape index (κ1) is 49.8. The van der Waals surface area contributed by atoms with Crippen molar-refractivity contribution in [1.82, 2.24) is 13.7 Å². The van der Waals surface area contributed by atoms with Gasteiger partial charge < -0.3 is 13.7 Å². The van der Waals surface area contributed by atoms with Crippen molar-refractivity contribution < 1.29 is 0 Å². The van der Waals surface area contributed by atoms with E-state index in [9.17, 15) is 0 Å². The van der Waals surface area contributed by atoms with Crippen molar-refractivity contribution >= 4 is 70.2 Å². The average Bonchev–Trinajstić information content (AvgIpc) is 3.84. The summed E-state index contributed by atoms with van der Waals surface area (Å²) in [5.74, 6) is 0. The minimum absolute atomic E-state index is 0.669. The summed E-state index contributed by atoms with van der Waals surface area (Å²) < 4.78 is 7.27. The van der Waals surface area contributed by atoms with Gasteiger partial charge in [-0.05, 0) is 89.3 Å². The Morgan fingerprint density at radius 2 is 1.49 bits per heavy atom. The second-order valence-corrected chi connectivity index (χ2v) is 16.9. The van der Waals surface area contributed by atoms with Crippen LogP contribution in [0.3, 0.4) is 0 Å². The number of benzene rings is 2. The van der Waals surface area contributed by atoms with Crippen LogP contribution >= 0.6 is 0 Å². The minimum Gasteiger partial charge on any atom is -0.340 e. The molecule has 3 heteroatoms. The third kappa shape index (κ3) is 11.5.